The minimum absolute atomic E-state index is 0.0554. The van der Waals surface area contributed by atoms with E-state index in [1.54, 1.807) is 0 Å². The van der Waals surface area contributed by atoms with E-state index < -0.39 is 29.3 Å². The number of unbranched alkanes of at least 4 members (excludes halogenated alkanes) is 3. The second kappa shape index (κ2) is 14.7. The van der Waals surface area contributed by atoms with Gasteiger partial charge in [-0.25, -0.2) is 0 Å². The van der Waals surface area contributed by atoms with E-state index in [0.717, 1.165) is 44.7 Å². The van der Waals surface area contributed by atoms with Crippen molar-refractivity contribution in [2.24, 2.45) is 0 Å². The molecule has 0 spiro atoms. The van der Waals surface area contributed by atoms with Crippen molar-refractivity contribution in [1.82, 2.24) is 0 Å². The summed E-state index contributed by atoms with van der Waals surface area (Å²) in [5, 5.41) is 0. The van der Waals surface area contributed by atoms with E-state index in [0.29, 0.717) is 0 Å². The van der Waals surface area contributed by atoms with E-state index in [1.807, 2.05) is 0 Å². The molecule has 0 radical (unpaired) electrons. The van der Waals surface area contributed by atoms with Gasteiger partial charge >= 0.3 is 200 Å². The molecule has 0 atom stereocenters. The molecule has 0 fully saturated rings. The monoisotopic (exact) mass is 504 g/mol. The van der Waals surface area contributed by atoms with Crippen LogP contribution in [0.5, 0.6) is 0 Å². The molecule has 33 heavy (non-hydrogen) atoms. The molecule has 0 aliphatic carbocycles. The number of hydrogen-bond acceptors (Lipinski definition) is 7. The van der Waals surface area contributed by atoms with Gasteiger partial charge in [0.1, 0.15) is 0 Å². The zero-order valence-corrected chi connectivity index (χ0v) is 22.6. The summed E-state index contributed by atoms with van der Waals surface area (Å²) in [6.45, 7) is 6.68. The van der Waals surface area contributed by atoms with E-state index in [2.05, 4.69) is 30.2 Å². The predicted octanol–water partition coefficient (Wildman–Crippen LogP) is 5.12. The van der Waals surface area contributed by atoms with E-state index in [-0.39, 0.29) is 22.6 Å². The van der Waals surface area contributed by atoms with Crippen molar-refractivity contribution in [3.05, 3.63) is 29.3 Å². The third-order valence-electron chi connectivity index (χ3n) is 6.09. The summed E-state index contributed by atoms with van der Waals surface area (Å²) in [4.78, 5) is 23.7. The van der Waals surface area contributed by atoms with Gasteiger partial charge in [-0.3, -0.25) is 0 Å². The first-order chi connectivity index (χ1) is 15.7. The van der Waals surface area contributed by atoms with Crippen LogP contribution in [0, 0.1) is 0 Å². The Balaban J connectivity index is 3.13. The second-order valence-corrected chi connectivity index (χ2v) is 15.2. The number of carbonyl (C=O) groups is 2. The molecule has 7 nitrogen and oxygen atoms in total. The van der Waals surface area contributed by atoms with E-state index in [1.165, 1.54) is 50.9 Å². The zero-order valence-electron chi connectivity index (χ0n) is 20.8. The summed E-state index contributed by atoms with van der Waals surface area (Å²) >= 11 is 0. The Morgan fingerprint density at radius 2 is 1.18 bits per heavy atom. The van der Waals surface area contributed by atoms with Crippen LogP contribution in [0.4, 0.5) is 0 Å². The fraction of sp³-hybridized carbons (Fsp3) is 0.667. The van der Waals surface area contributed by atoms with Gasteiger partial charge in [-0.1, -0.05) is 0 Å². The molecule has 0 unspecified atom stereocenters. The standard InChI is InChI=1S/C24H41O7PS/c1-6-9-13-32(14-10-7-2,15-11-8-3)16-12-31-33(27,28)22-18-20(23(25)29-4)17-21(19-22)24(26)30-5/h17-19,32H,6-16H2,1-5H3. The number of methoxy groups -OCH3 is 2. The summed E-state index contributed by atoms with van der Waals surface area (Å²) in [5.74, 6) is -1.50. The molecule has 190 valence electrons. The maximum atomic E-state index is 13.0. The van der Waals surface area contributed by atoms with E-state index >= 15 is 0 Å². The normalized spacial score (nSPS) is 12.4. The molecule has 9 heteroatoms. The van der Waals surface area contributed by atoms with Crippen molar-refractivity contribution in [3.63, 3.8) is 0 Å². The van der Waals surface area contributed by atoms with Crippen LogP contribution >= 0.6 is 7.26 Å². The van der Waals surface area contributed by atoms with Crippen LogP contribution in [-0.4, -0.2) is 65.8 Å². The molecule has 0 bridgehead atoms. The van der Waals surface area contributed by atoms with Crippen molar-refractivity contribution in [1.29, 1.82) is 0 Å². The first-order valence-electron chi connectivity index (χ1n) is 11.9. The molecular formula is C24H41O7PS. The summed E-state index contributed by atoms with van der Waals surface area (Å²) in [5.41, 5.74) is -0.111. The van der Waals surface area contributed by atoms with Crippen LogP contribution in [0.15, 0.2) is 23.1 Å². The molecule has 0 saturated heterocycles. The number of ether oxygens (including phenoxy) is 2. The number of benzene rings is 1. The Morgan fingerprint density at radius 3 is 1.55 bits per heavy atom. The van der Waals surface area contributed by atoms with Gasteiger partial charge in [0.25, 0.3) is 0 Å². The van der Waals surface area contributed by atoms with Gasteiger partial charge in [-0.15, -0.1) is 0 Å². The topological polar surface area (TPSA) is 96.0 Å². The number of rotatable bonds is 16. The van der Waals surface area contributed by atoms with Gasteiger partial charge in [-0.2, -0.15) is 0 Å². The van der Waals surface area contributed by atoms with Crippen LogP contribution < -0.4 is 0 Å². The Morgan fingerprint density at radius 1 is 0.758 bits per heavy atom. The molecule has 0 aliphatic heterocycles. The summed E-state index contributed by atoms with van der Waals surface area (Å²) in [6, 6.07) is 3.59. The fourth-order valence-corrected chi connectivity index (χ4v) is 10.5. The van der Waals surface area contributed by atoms with Gasteiger partial charge in [0.05, 0.1) is 0 Å². The Bertz CT molecular complexity index is 812. The molecular weight excluding hydrogens is 463 g/mol. The van der Waals surface area contributed by atoms with Crippen molar-refractivity contribution >= 4 is 29.3 Å². The Hall–Kier alpha value is -1.50. The fourth-order valence-electron chi connectivity index (χ4n) is 4.06. The van der Waals surface area contributed by atoms with Crippen LogP contribution in [0.1, 0.15) is 80.0 Å². The molecule has 1 aromatic carbocycles. The minimum atomic E-state index is -4.17. The number of esters is 2. The molecule has 0 N–H and O–H groups in total. The molecule has 0 saturated carbocycles. The van der Waals surface area contributed by atoms with Gasteiger partial charge in [0.15, 0.2) is 0 Å². The third-order valence-corrected chi connectivity index (χ3v) is 12.9. The van der Waals surface area contributed by atoms with E-state index in [9.17, 15) is 18.0 Å². The van der Waals surface area contributed by atoms with Gasteiger partial charge in [0.2, 0.25) is 0 Å². The molecule has 1 rings (SSSR count). The molecule has 0 amide bonds. The molecule has 0 aliphatic rings. The quantitative estimate of drug-likeness (QED) is 0.175. The van der Waals surface area contributed by atoms with Crippen molar-refractivity contribution in [2.75, 3.05) is 45.5 Å². The first-order valence-corrected chi connectivity index (χ1v) is 16.1. The Labute approximate surface area is 200 Å². The molecule has 0 aromatic heterocycles. The van der Waals surface area contributed by atoms with E-state index in [4.69, 9.17) is 4.18 Å². The van der Waals surface area contributed by atoms with Crippen LogP contribution in [0.2, 0.25) is 0 Å². The van der Waals surface area contributed by atoms with Crippen LogP contribution in [0.25, 0.3) is 0 Å². The SMILES string of the molecule is CCCC[PH](CCCC)(CCCC)CCOS(=O)(=O)c1cc(C(=O)OC)cc(C(=O)OC)c1. The van der Waals surface area contributed by atoms with Gasteiger partial charge in [0, 0.05) is 0 Å². The molecule has 0 heterocycles. The van der Waals surface area contributed by atoms with Crippen molar-refractivity contribution in [2.45, 2.75) is 64.2 Å². The predicted molar refractivity (Wildman–Crippen MR) is 135 cm³/mol. The average Bonchev–Trinajstić information content (AvgIpc) is 2.83. The first kappa shape index (κ1) is 29.5. The third kappa shape index (κ3) is 9.34. The maximum absolute atomic E-state index is 13.0. The Kier molecular flexibility index (Phi) is 13.2. The number of hydrogen-bond donors (Lipinski definition) is 0. The zero-order chi connectivity index (χ0) is 24.9. The summed E-state index contributed by atoms with van der Waals surface area (Å²) in [7, 11) is -3.46. The summed E-state index contributed by atoms with van der Waals surface area (Å²) < 4.78 is 40.8. The summed E-state index contributed by atoms with van der Waals surface area (Å²) in [6.07, 6.45) is 11.2. The van der Waals surface area contributed by atoms with Gasteiger partial charge in [-0.05, 0) is 0 Å². The van der Waals surface area contributed by atoms with Crippen LogP contribution in [0.3, 0.4) is 0 Å². The molecule has 1 aromatic rings. The average molecular weight is 505 g/mol. The van der Waals surface area contributed by atoms with Crippen molar-refractivity contribution in [3.8, 4) is 0 Å². The van der Waals surface area contributed by atoms with Gasteiger partial charge < -0.3 is 0 Å². The van der Waals surface area contributed by atoms with Crippen molar-refractivity contribution < 1.29 is 31.7 Å². The number of carbonyl (C=O) groups excluding carboxylic acids is 2. The second-order valence-electron chi connectivity index (χ2n) is 8.57. The van der Waals surface area contributed by atoms with Crippen LogP contribution in [-0.2, 0) is 23.8 Å².